The van der Waals surface area contributed by atoms with E-state index in [-0.39, 0.29) is 11.4 Å². The molecule has 0 aliphatic rings. The summed E-state index contributed by atoms with van der Waals surface area (Å²) in [5, 5.41) is 5.42. The van der Waals surface area contributed by atoms with Crippen molar-refractivity contribution in [3.63, 3.8) is 0 Å². The standard InChI is InChI=1S/C21H20ClN5O2S/c22-18-10-11-19(17-9-5-12-24-21(17)18)30(28,29)25-13-4-6-15-14-20(23)27(26-15)16-7-2-1-3-8-16/h1-3,5,7-12,14,25H,4,6,13,23H2. The van der Waals surface area contributed by atoms with E-state index in [0.717, 1.165) is 11.4 Å². The number of nitrogens with one attached hydrogen (secondary N) is 1. The van der Waals surface area contributed by atoms with Crippen molar-refractivity contribution in [2.45, 2.75) is 17.7 Å². The third-order valence-corrected chi connectivity index (χ3v) is 6.48. The summed E-state index contributed by atoms with van der Waals surface area (Å²) in [4.78, 5) is 4.34. The van der Waals surface area contributed by atoms with Gasteiger partial charge in [0.05, 0.1) is 26.8 Å². The molecule has 2 aromatic carbocycles. The van der Waals surface area contributed by atoms with Crippen LogP contribution in [0.25, 0.3) is 16.6 Å². The lowest BCUT2D eigenvalue weighted by Crippen LogP contribution is -2.25. The summed E-state index contributed by atoms with van der Waals surface area (Å²) in [6.45, 7) is 0.269. The number of para-hydroxylation sites is 1. The van der Waals surface area contributed by atoms with E-state index in [9.17, 15) is 8.42 Å². The molecule has 0 fully saturated rings. The van der Waals surface area contributed by atoms with Crippen LogP contribution in [0.5, 0.6) is 0 Å². The van der Waals surface area contributed by atoms with Crippen LogP contribution in [-0.4, -0.2) is 29.7 Å². The van der Waals surface area contributed by atoms with Crippen molar-refractivity contribution < 1.29 is 8.42 Å². The highest BCUT2D eigenvalue weighted by atomic mass is 35.5. The predicted molar refractivity (Wildman–Crippen MR) is 118 cm³/mol. The Bertz CT molecular complexity index is 1290. The number of halogens is 1. The fourth-order valence-electron chi connectivity index (χ4n) is 3.25. The molecule has 0 saturated heterocycles. The maximum Gasteiger partial charge on any atom is 0.241 e. The van der Waals surface area contributed by atoms with Crippen LogP contribution in [0.3, 0.4) is 0 Å². The highest BCUT2D eigenvalue weighted by molar-refractivity contribution is 7.89. The van der Waals surface area contributed by atoms with Crippen molar-refractivity contribution in [2.24, 2.45) is 0 Å². The third-order valence-electron chi connectivity index (χ3n) is 4.66. The average Bonchev–Trinajstić information content (AvgIpc) is 3.12. The second-order valence-electron chi connectivity index (χ2n) is 6.75. The van der Waals surface area contributed by atoms with E-state index < -0.39 is 10.0 Å². The molecule has 4 aromatic rings. The van der Waals surface area contributed by atoms with Gasteiger partial charge in [-0.3, -0.25) is 4.98 Å². The van der Waals surface area contributed by atoms with E-state index in [2.05, 4.69) is 14.8 Å². The van der Waals surface area contributed by atoms with Crippen LogP contribution < -0.4 is 10.5 Å². The number of aryl methyl sites for hydroxylation is 1. The molecule has 0 aliphatic heterocycles. The number of pyridine rings is 1. The molecule has 0 radical (unpaired) electrons. The van der Waals surface area contributed by atoms with Crippen LogP contribution in [0.2, 0.25) is 5.02 Å². The normalized spacial score (nSPS) is 11.8. The van der Waals surface area contributed by atoms with Gasteiger partial charge in [-0.05, 0) is 49.2 Å². The van der Waals surface area contributed by atoms with Crippen LogP contribution in [-0.2, 0) is 16.4 Å². The van der Waals surface area contributed by atoms with Gasteiger partial charge in [0.15, 0.2) is 0 Å². The van der Waals surface area contributed by atoms with E-state index in [1.807, 2.05) is 30.3 Å². The molecule has 0 aliphatic carbocycles. The molecule has 2 heterocycles. The lowest BCUT2D eigenvalue weighted by Gasteiger charge is -2.10. The van der Waals surface area contributed by atoms with E-state index in [1.165, 1.54) is 6.07 Å². The Morgan fingerprint density at radius 2 is 1.87 bits per heavy atom. The van der Waals surface area contributed by atoms with Crippen molar-refractivity contribution in [1.29, 1.82) is 0 Å². The molecule has 4 rings (SSSR count). The fraction of sp³-hybridized carbons (Fsp3) is 0.143. The Morgan fingerprint density at radius 3 is 2.67 bits per heavy atom. The minimum atomic E-state index is -3.70. The van der Waals surface area contributed by atoms with Crippen molar-refractivity contribution >= 4 is 38.3 Å². The number of nitrogen functional groups attached to an aromatic ring is 1. The van der Waals surface area contributed by atoms with Gasteiger partial charge in [0.2, 0.25) is 10.0 Å². The van der Waals surface area contributed by atoms with Crippen LogP contribution >= 0.6 is 11.6 Å². The first kappa shape index (κ1) is 20.3. The molecule has 0 saturated carbocycles. The van der Waals surface area contributed by atoms with Crippen LogP contribution in [0.15, 0.2) is 71.8 Å². The maximum absolute atomic E-state index is 12.8. The number of nitrogens with zero attached hydrogens (tertiary/aromatic N) is 3. The molecule has 0 unspecified atom stereocenters. The largest absolute Gasteiger partial charge is 0.384 e. The van der Waals surface area contributed by atoms with Gasteiger partial charge in [0, 0.05) is 24.2 Å². The minimum absolute atomic E-state index is 0.160. The minimum Gasteiger partial charge on any atom is -0.384 e. The summed E-state index contributed by atoms with van der Waals surface area (Å²) < 4.78 is 29.9. The van der Waals surface area contributed by atoms with Gasteiger partial charge in [-0.2, -0.15) is 5.10 Å². The number of anilines is 1. The molecule has 0 atom stereocenters. The van der Waals surface area contributed by atoms with Gasteiger partial charge in [-0.15, -0.1) is 0 Å². The van der Waals surface area contributed by atoms with Crippen LogP contribution in [0, 0.1) is 0 Å². The van der Waals surface area contributed by atoms with E-state index in [1.54, 1.807) is 35.1 Å². The Balaban J connectivity index is 1.42. The van der Waals surface area contributed by atoms with E-state index >= 15 is 0 Å². The second kappa shape index (κ2) is 8.43. The van der Waals surface area contributed by atoms with Gasteiger partial charge in [0.25, 0.3) is 0 Å². The topological polar surface area (TPSA) is 103 Å². The predicted octanol–water partition coefficient (Wildman–Crippen LogP) is 3.57. The number of hydrogen-bond acceptors (Lipinski definition) is 5. The van der Waals surface area contributed by atoms with Gasteiger partial charge in [0.1, 0.15) is 5.82 Å². The van der Waals surface area contributed by atoms with Crippen molar-refractivity contribution in [1.82, 2.24) is 19.5 Å². The van der Waals surface area contributed by atoms with Gasteiger partial charge >= 0.3 is 0 Å². The summed E-state index contributed by atoms with van der Waals surface area (Å²) >= 11 is 6.14. The smallest absolute Gasteiger partial charge is 0.241 e. The third kappa shape index (κ3) is 4.16. The number of hydrogen-bond donors (Lipinski definition) is 2. The maximum atomic E-state index is 12.8. The summed E-state index contributed by atoms with van der Waals surface area (Å²) in [6, 6.07) is 17.8. The fourth-order valence-corrected chi connectivity index (χ4v) is 4.73. The summed E-state index contributed by atoms with van der Waals surface area (Å²) in [5.74, 6) is 0.539. The Hall–Kier alpha value is -2.94. The number of aromatic nitrogens is 3. The monoisotopic (exact) mass is 441 g/mol. The molecule has 2 aromatic heterocycles. The highest BCUT2D eigenvalue weighted by Crippen LogP contribution is 2.27. The molecule has 3 N–H and O–H groups in total. The first-order chi connectivity index (χ1) is 14.5. The Labute approximate surface area is 179 Å². The number of rotatable bonds is 7. The van der Waals surface area contributed by atoms with Gasteiger partial charge in [-0.25, -0.2) is 17.8 Å². The summed E-state index contributed by atoms with van der Waals surface area (Å²) in [7, 11) is -3.70. The zero-order valence-electron chi connectivity index (χ0n) is 16.0. The molecule has 9 heteroatoms. The van der Waals surface area contributed by atoms with Gasteiger partial charge < -0.3 is 5.73 Å². The quantitative estimate of drug-likeness (QED) is 0.427. The molecular weight excluding hydrogens is 422 g/mol. The highest BCUT2D eigenvalue weighted by Gasteiger charge is 2.18. The first-order valence-electron chi connectivity index (χ1n) is 9.38. The lowest BCUT2D eigenvalue weighted by atomic mass is 10.2. The van der Waals surface area contributed by atoms with E-state index in [4.69, 9.17) is 17.3 Å². The van der Waals surface area contributed by atoms with Crippen molar-refractivity contribution in [3.8, 4) is 5.69 Å². The molecule has 7 nitrogen and oxygen atoms in total. The van der Waals surface area contributed by atoms with Crippen molar-refractivity contribution in [2.75, 3.05) is 12.3 Å². The number of nitrogens with two attached hydrogens (primary N) is 1. The second-order valence-corrected chi connectivity index (χ2v) is 8.90. The first-order valence-corrected chi connectivity index (χ1v) is 11.2. The molecular formula is C21H20ClN5O2S. The summed E-state index contributed by atoms with van der Waals surface area (Å²) in [5.41, 5.74) is 8.20. The van der Waals surface area contributed by atoms with Crippen LogP contribution in [0.1, 0.15) is 12.1 Å². The summed E-state index contributed by atoms with van der Waals surface area (Å²) in [6.07, 6.45) is 2.75. The Morgan fingerprint density at radius 1 is 1.07 bits per heavy atom. The molecule has 30 heavy (non-hydrogen) atoms. The van der Waals surface area contributed by atoms with Gasteiger partial charge in [-0.1, -0.05) is 29.8 Å². The average molecular weight is 442 g/mol. The number of sulfonamides is 1. The number of fused-ring (bicyclic) bond motifs is 1. The van der Waals surface area contributed by atoms with Crippen molar-refractivity contribution in [3.05, 3.63) is 77.6 Å². The molecule has 154 valence electrons. The molecule has 0 amide bonds. The van der Waals surface area contributed by atoms with E-state index in [0.29, 0.717) is 34.6 Å². The number of benzene rings is 2. The molecule has 0 bridgehead atoms. The molecule has 0 spiro atoms. The lowest BCUT2D eigenvalue weighted by molar-refractivity contribution is 0.579. The van der Waals surface area contributed by atoms with Crippen LogP contribution in [0.4, 0.5) is 5.82 Å². The Kier molecular flexibility index (Phi) is 5.72. The zero-order valence-corrected chi connectivity index (χ0v) is 17.6. The SMILES string of the molecule is Nc1cc(CCCNS(=O)(=O)c2ccc(Cl)c3ncccc23)nn1-c1ccccc1. The zero-order chi connectivity index (χ0) is 21.1.